The van der Waals surface area contributed by atoms with E-state index in [0.717, 1.165) is 17.5 Å². The summed E-state index contributed by atoms with van der Waals surface area (Å²) in [5.74, 6) is -0.304. The zero-order chi connectivity index (χ0) is 20.7. The van der Waals surface area contributed by atoms with Gasteiger partial charge in [0.2, 0.25) is 11.8 Å². The summed E-state index contributed by atoms with van der Waals surface area (Å²) in [7, 11) is 0. The molecule has 0 radical (unpaired) electrons. The lowest BCUT2D eigenvalue weighted by Gasteiger charge is -2.30. The van der Waals surface area contributed by atoms with Crippen molar-refractivity contribution in [3.63, 3.8) is 0 Å². The van der Waals surface area contributed by atoms with Gasteiger partial charge in [-0.2, -0.15) is 0 Å². The maximum Gasteiger partial charge on any atom is 0.242 e. The maximum absolute atomic E-state index is 13.1. The maximum atomic E-state index is 13.1. The molecule has 0 fully saturated rings. The zero-order valence-corrected chi connectivity index (χ0v) is 17.9. The summed E-state index contributed by atoms with van der Waals surface area (Å²) in [5.41, 5.74) is 1.72. The summed E-state index contributed by atoms with van der Waals surface area (Å²) in [6.45, 7) is 6.07. The van der Waals surface area contributed by atoms with E-state index in [9.17, 15) is 9.59 Å². The third-order valence-corrected chi connectivity index (χ3v) is 5.44. The third-order valence-electron chi connectivity index (χ3n) is 4.70. The Balaban J connectivity index is 2.21. The fourth-order valence-electron chi connectivity index (χ4n) is 2.75. The Morgan fingerprint density at radius 2 is 1.68 bits per heavy atom. The average molecular weight is 421 g/mol. The summed E-state index contributed by atoms with van der Waals surface area (Å²) in [6.07, 6.45) is 0.971. The van der Waals surface area contributed by atoms with Gasteiger partial charge >= 0.3 is 0 Å². The highest BCUT2D eigenvalue weighted by Gasteiger charge is 2.26. The monoisotopic (exact) mass is 420 g/mol. The molecule has 0 heterocycles. The molecule has 1 N–H and O–H groups in total. The van der Waals surface area contributed by atoms with Crippen molar-refractivity contribution in [2.24, 2.45) is 0 Å². The summed E-state index contributed by atoms with van der Waals surface area (Å²) in [4.78, 5) is 27.3. The van der Waals surface area contributed by atoms with Gasteiger partial charge in [0.1, 0.15) is 6.04 Å². The first-order valence-corrected chi connectivity index (χ1v) is 10.1. The number of amides is 2. The van der Waals surface area contributed by atoms with Gasteiger partial charge in [-0.1, -0.05) is 66.5 Å². The minimum atomic E-state index is -0.593. The number of nitrogens with one attached hydrogen (secondary N) is 1. The topological polar surface area (TPSA) is 49.4 Å². The van der Waals surface area contributed by atoms with E-state index in [1.54, 1.807) is 30.0 Å². The molecule has 0 bridgehead atoms. The van der Waals surface area contributed by atoms with Gasteiger partial charge in [-0.05, 0) is 43.5 Å². The van der Waals surface area contributed by atoms with Crippen molar-refractivity contribution in [3.05, 3.63) is 69.7 Å². The van der Waals surface area contributed by atoms with Crippen LogP contribution in [0.4, 0.5) is 0 Å². The van der Waals surface area contributed by atoms with Gasteiger partial charge in [-0.15, -0.1) is 0 Å². The van der Waals surface area contributed by atoms with Crippen molar-refractivity contribution in [2.75, 3.05) is 0 Å². The first-order valence-electron chi connectivity index (χ1n) is 9.39. The molecule has 0 aromatic heterocycles. The highest BCUT2D eigenvalue weighted by atomic mass is 35.5. The molecular weight excluding hydrogens is 395 g/mol. The van der Waals surface area contributed by atoms with Crippen LogP contribution < -0.4 is 5.32 Å². The molecule has 2 atom stereocenters. The van der Waals surface area contributed by atoms with Crippen LogP contribution >= 0.6 is 23.2 Å². The molecule has 2 rings (SSSR count). The Morgan fingerprint density at radius 3 is 2.29 bits per heavy atom. The Hall–Kier alpha value is -2.04. The number of carbonyl (C=O) groups is 2. The zero-order valence-electron chi connectivity index (χ0n) is 16.4. The molecule has 4 nitrogen and oxygen atoms in total. The van der Waals surface area contributed by atoms with Crippen molar-refractivity contribution < 1.29 is 9.59 Å². The van der Waals surface area contributed by atoms with Crippen LogP contribution in [0.5, 0.6) is 0 Å². The van der Waals surface area contributed by atoms with Crippen molar-refractivity contribution >= 4 is 35.0 Å². The van der Waals surface area contributed by atoms with Crippen molar-refractivity contribution in [2.45, 2.75) is 52.2 Å². The average Bonchev–Trinajstić information content (AvgIpc) is 2.69. The molecule has 2 aromatic rings. The van der Waals surface area contributed by atoms with Gasteiger partial charge in [0.25, 0.3) is 0 Å². The van der Waals surface area contributed by atoms with Crippen molar-refractivity contribution in [1.29, 1.82) is 0 Å². The molecule has 2 aromatic carbocycles. The molecule has 0 spiro atoms. The summed E-state index contributed by atoms with van der Waals surface area (Å²) >= 11 is 12.0. The molecule has 0 aliphatic heterocycles. The Bertz CT molecular complexity index is 811. The highest BCUT2D eigenvalue weighted by molar-refractivity contribution is 6.42. The lowest BCUT2D eigenvalue weighted by Crippen LogP contribution is -2.49. The molecule has 0 aliphatic rings. The Kier molecular flexibility index (Phi) is 8.34. The number of benzene rings is 2. The molecular formula is C22H26Cl2N2O2. The molecule has 0 aliphatic carbocycles. The van der Waals surface area contributed by atoms with Crippen LogP contribution in [0.1, 0.15) is 38.3 Å². The third kappa shape index (κ3) is 6.25. The van der Waals surface area contributed by atoms with Crippen LogP contribution in [0.3, 0.4) is 0 Å². The molecule has 150 valence electrons. The minimum Gasteiger partial charge on any atom is -0.352 e. The first kappa shape index (κ1) is 22.3. The number of nitrogens with zero attached hydrogens (tertiary/aromatic N) is 1. The van der Waals surface area contributed by atoms with Crippen LogP contribution in [-0.4, -0.2) is 28.8 Å². The highest BCUT2D eigenvalue weighted by Crippen LogP contribution is 2.23. The molecule has 2 amide bonds. The largest absolute Gasteiger partial charge is 0.352 e. The van der Waals surface area contributed by atoms with Crippen LogP contribution in [0.15, 0.2) is 48.5 Å². The second kappa shape index (κ2) is 10.5. The van der Waals surface area contributed by atoms with E-state index in [2.05, 4.69) is 5.32 Å². The predicted octanol–water partition coefficient (Wildman–Crippen LogP) is 4.87. The van der Waals surface area contributed by atoms with Gasteiger partial charge in [0.15, 0.2) is 0 Å². The van der Waals surface area contributed by atoms with Crippen LogP contribution in [0.25, 0.3) is 0 Å². The number of halogens is 2. The molecule has 0 unspecified atom stereocenters. The van der Waals surface area contributed by atoms with Gasteiger partial charge in [-0.25, -0.2) is 0 Å². The van der Waals surface area contributed by atoms with Crippen LogP contribution in [0, 0.1) is 0 Å². The second-order valence-corrected chi connectivity index (χ2v) is 7.74. The number of rotatable bonds is 8. The second-order valence-electron chi connectivity index (χ2n) is 6.93. The van der Waals surface area contributed by atoms with Gasteiger partial charge in [0.05, 0.1) is 16.5 Å². The van der Waals surface area contributed by atoms with E-state index in [4.69, 9.17) is 23.2 Å². The fourth-order valence-corrected chi connectivity index (χ4v) is 3.07. The lowest BCUT2D eigenvalue weighted by atomic mass is 10.1. The normalized spacial score (nSPS) is 12.9. The standard InChI is InChI=1S/C22H26Cl2N2O2/c1-4-15(2)25-22(28)16(3)26(14-17-8-6-5-7-9-17)21(27)13-18-10-11-19(23)20(24)12-18/h5-12,15-16H,4,13-14H2,1-3H3,(H,25,28)/t15-,16-/m0/s1. The molecule has 6 heteroatoms. The lowest BCUT2D eigenvalue weighted by molar-refractivity contribution is -0.140. The van der Waals surface area contributed by atoms with E-state index in [0.29, 0.717) is 16.6 Å². The summed E-state index contributed by atoms with van der Waals surface area (Å²) in [6, 6.07) is 14.2. The van der Waals surface area contributed by atoms with Crippen molar-refractivity contribution in [3.8, 4) is 0 Å². The smallest absolute Gasteiger partial charge is 0.242 e. The number of hydrogen-bond acceptors (Lipinski definition) is 2. The van der Waals surface area contributed by atoms with E-state index < -0.39 is 6.04 Å². The van der Waals surface area contributed by atoms with Crippen LogP contribution in [0.2, 0.25) is 10.0 Å². The predicted molar refractivity (Wildman–Crippen MR) is 115 cm³/mol. The van der Waals surface area contributed by atoms with E-state index in [1.807, 2.05) is 44.2 Å². The Morgan fingerprint density at radius 1 is 1.00 bits per heavy atom. The number of carbonyl (C=O) groups excluding carboxylic acids is 2. The van der Waals surface area contributed by atoms with E-state index >= 15 is 0 Å². The van der Waals surface area contributed by atoms with Crippen molar-refractivity contribution in [1.82, 2.24) is 10.2 Å². The van der Waals surface area contributed by atoms with Gasteiger partial charge < -0.3 is 10.2 Å². The van der Waals surface area contributed by atoms with Crippen LogP contribution in [-0.2, 0) is 22.6 Å². The quantitative estimate of drug-likeness (QED) is 0.661. The van der Waals surface area contributed by atoms with Gasteiger partial charge in [0, 0.05) is 12.6 Å². The Labute approximate surface area is 176 Å². The SMILES string of the molecule is CC[C@H](C)NC(=O)[C@H](C)N(Cc1ccccc1)C(=O)Cc1ccc(Cl)c(Cl)c1. The summed E-state index contributed by atoms with van der Waals surface area (Å²) in [5, 5.41) is 3.81. The first-order chi connectivity index (χ1) is 13.3. The molecule has 0 saturated heterocycles. The molecule has 0 saturated carbocycles. The summed E-state index contributed by atoms with van der Waals surface area (Å²) < 4.78 is 0. The minimum absolute atomic E-state index is 0.0544. The van der Waals surface area contributed by atoms with Gasteiger partial charge in [-0.3, -0.25) is 9.59 Å². The van der Waals surface area contributed by atoms with E-state index in [1.165, 1.54) is 0 Å². The van der Waals surface area contributed by atoms with E-state index in [-0.39, 0.29) is 24.3 Å². The number of hydrogen-bond donors (Lipinski definition) is 1. The molecule has 28 heavy (non-hydrogen) atoms. The fraction of sp³-hybridized carbons (Fsp3) is 0.364.